The van der Waals surface area contributed by atoms with Gasteiger partial charge in [0.25, 0.3) is 0 Å². The molecule has 0 aromatic heterocycles. The smallest absolute Gasteiger partial charge is 0.411 e. The molecular formula is C17H32ClNO4. The van der Waals surface area contributed by atoms with Crippen molar-refractivity contribution in [1.29, 1.82) is 0 Å². The third-order valence-electron chi connectivity index (χ3n) is 3.16. The number of unbranched alkanes of at least 4 members (excludes halogenated alkanes) is 2. The van der Waals surface area contributed by atoms with Crippen LogP contribution in [0.3, 0.4) is 0 Å². The summed E-state index contributed by atoms with van der Waals surface area (Å²) in [6.07, 6.45) is 2.08. The Labute approximate surface area is 145 Å². The van der Waals surface area contributed by atoms with Crippen LogP contribution < -0.4 is 0 Å². The van der Waals surface area contributed by atoms with Gasteiger partial charge in [-0.15, -0.1) is 11.6 Å². The van der Waals surface area contributed by atoms with Crippen molar-refractivity contribution in [2.24, 2.45) is 5.92 Å². The second-order valence-corrected chi connectivity index (χ2v) is 7.24. The molecule has 0 aromatic rings. The third kappa shape index (κ3) is 9.04. The molecular weight excluding hydrogens is 318 g/mol. The van der Waals surface area contributed by atoms with E-state index in [1.54, 1.807) is 6.92 Å². The third-order valence-corrected chi connectivity index (χ3v) is 3.42. The van der Waals surface area contributed by atoms with Gasteiger partial charge in [0.1, 0.15) is 11.6 Å². The van der Waals surface area contributed by atoms with Gasteiger partial charge < -0.3 is 9.47 Å². The monoisotopic (exact) mass is 349 g/mol. The molecule has 6 heteroatoms. The molecule has 0 aliphatic carbocycles. The number of ether oxygens (including phenoxy) is 2. The Hall–Kier alpha value is -0.970. The van der Waals surface area contributed by atoms with Crippen molar-refractivity contribution in [3.63, 3.8) is 0 Å². The zero-order valence-electron chi connectivity index (χ0n) is 15.4. The predicted molar refractivity (Wildman–Crippen MR) is 92.8 cm³/mol. The quantitative estimate of drug-likeness (QED) is 0.355. The van der Waals surface area contributed by atoms with Crippen LogP contribution in [0.5, 0.6) is 0 Å². The highest BCUT2D eigenvalue weighted by Gasteiger charge is 2.35. The molecule has 0 saturated carbocycles. The van der Waals surface area contributed by atoms with Gasteiger partial charge in [0.15, 0.2) is 0 Å². The van der Waals surface area contributed by atoms with Crippen LogP contribution in [-0.2, 0) is 14.3 Å². The van der Waals surface area contributed by atoms with Crippen molar-refractivity contribution in [3.05, 3.63) is 0 Å². The van der Waals surface area contributed by atoms with E-state index in [1.807, 2.05) is 34.6 Å². The Morgan fingerprint density at radius 3 is 2.17 bits per heavy atom. The van der Waals surface area contributed by atoms with Crippen molar-refractivity contribution < 1.29 is 19.1 Å². The van der Waals surface area contributed by atoms with Gasteiger partial charge in [0.2, 0.25) is 0 Å². The van der Waals surface area contributed by atoms with Gasteiger partial charge in [0, 0.05) is 12.4 Å². The highest BCUT2D eigenvalue weighted by atomic mass is 35.5. The second-order valence-electron chi connectivity index (χ2n) is 6.86. The maximum absolute atomic E-state index is 12.5. The minimum absolute atomic E-state index is 0.0606. The number of esters is 1. The first kappa shape index (κ1) is 22.0. The lowest BCUT2D eigenvalue weighted by Crippen LogP contribution is -2.50. The molecule has 0 saturated heterocycles. The summed E-state index contributed by atoms with van der Waals surface area (Å²) in [6.45, 7) is 11.7. The lowest BCUT2D eigenvalue weighted by molar-refractivity contribution is -0.151. The summed E-state index contributed by atoms with van der Waals surface area (Å²) in [5.41, 5.74) is -0.609. The first-order chi connectivity index (χ1) is 10.6. The number of hydrogen-bond donors (Lipinski definition) is 0. The molecule has 0 N–H and O–H groups in total. The minimum atomic E-state index is -0.638. The van der Waals surface area contributed by atoms with Crippen LogP contribution in [-0.4, -0.2) is 47.6 Å². The summed E-state index contributed by atoms with van der Waals surface area (Å²) in [4.78, 5) is 26.3. The molecule has 0 unspecified atom stereocenters. The van der Waals surface area contributed by atoms with Crippen molar-refractivity contribution in [2.75, 3.05) is 19.0 Å². The minimum Gasteiger partial charge on any atom is -0.464 e. The first-order valence-electron chi connectivity index (χ1n) is 8.36. The normalized spacial score (nSPS) is 12.9. The summed E-state index contributed by atoms with van der Waals surface area (Å²) in [6, 6.07) is -0.638. The maximum atomic E-state index is 12.5. The molecule has 23 heavy (non-hydrogen) atoms. The van der Waals surface area contributed by atoms with Gasteiger partial charge in [-0.25, -0.2) is 9.59 Å². The van der Waals surface area contributed by atoms with Crippen molar-refractivity contribution >= 4 is 23.7 Å². The van der Waals surface area contributed by atoms with Gasteiger partial charge in [0.05, 0.1) is 6.61 Å². The van der Waals surface area contributed by atoms with E-state index in [4.69, 9.17) is 21.1 Å². The van der Waals surface area contributed by atoms with E-state index >= 15 is 0 Å². The van der Waals surface area contributed by atoms with Crippen LogP contribution in [0.25, 0.3) is 0 Å². The van der Waals surface area contributed by atoms with E-state index in [9.17, 15) is 9.59 Å². The zero-order valence-corrected chi connectivity index (χ0v) is 16.1. The number of carbonyl (C=O) groups excluding carboxylic acids is 2. The Balaban J connectivity index is 5.17. The number of carbonyl (C=O) groups is 2. The van der Waals surface area contributed by atoms with E-state index in [0.717, 1.165) is 19.3 Å². The Kier molecular flexibility index (Phi) is 10.3. The van der Waals surface area contributed by atoms with E-state index in [2.05, 4.69) is 0 Å². The molecule has 0 bridgehead atoms. The lowest BCUT2D eigenvalue weighted by Gasteiger charge is -2.34. The average molecular weight is 350 g/mol. The van der Waals surface area contributed by atoms with Crippen LogP contribution in [0.15, 0.2) is 0 Å². The molecule has 0 spiro atoms. The fraction of sp³-hybridized carbons (Fsp3) is 0.882. The first-order valence-corrected chi connectivity index (χ1v) is 8.89. The average Bonchev–Trinajstić information content (AvgIpc) is 2.39. The van der Waals surface area contributed by atoms with Crippen LogP contribution in [0.4, 0.5) is 4.79 Å². The molecule has 1 amide bonds. The van der Waals surface area contributed by atoms with E-state index in [-0.39, 0.29) is 18.5 Å². The summed E-state index contributed by atoms with van der Waals surface area (Å²) >= 11 is 5.69. The van der Waals surface area contributed by atoms with E-state index in [1.165, 1.54) is 4.90 Å². The molecule has 0 aromatic carbocycles. The SMILES string of the molecule is CCOC(=O)[C@H](C(C)C)N(CCCCCCl)C(=O)OC(C)(C)C. The van der Waals surface area contributed by atoms with Crippen molar-refractivity contribution in [3.8, 4) is 0 Å². The van der Waals surface area contributed by atoms with E-state index < -0.39 is 17.7 Å². The molecule has 0 fully saturated rings. The van der Waals surface area contributed by atoms with Gasteiger partial charge in [-0.2, -0.15) is 0 Å². The molecule has 0 rings (SSSR count). The molecule has 1 atom stereocenters. The molecule has 0 heterocycles. The van der Waals surface area contributed by atoms with Gasteiger partial charge in [-0.1, -0.05) is 20.3 Å². The van der Waals surface area contributed by atoms with Crippen molar-refractivity contribution in [1.82, 2.24) is 4.90 Å². The van der Waals surface area contributed by atoms with Crippen LogP contribution in [0, 0.1) is 5.92 Å². The Morgan fingerprint density at radius 2 is 1.74 bits per heavy atom. The fourth-order valence-corrected chi connectivity index (χ4v) is 2.39. The molecule has 5 nitrogen and oxygen atoms in total. The number of rotatable bonds is 9. The zero-order chi connectivity index (χ0) is 18.0. The molecule has 136 valence electrons. The molecule has 0 aliphatic rings. The maximum Gasteiger partial charge on any atom is 0.411 e. The number of alkyl halides is 1. The summed E-state index contributed by atoms with van der Waals surface area (Å²) < 4.78 is 10.6. The Bertz CT molecular complexity index is 366. The topological polar surface area (TPSA) is 55.8 Å². The summed E-state index contributed by atoms with van der Waals surface area (Å²) in [7, 11) is 0. The van der Waals surface area contributed by atoms with Crippen LogP contribution in [0.1, 0.15) is 60.8 Å². The van der Waals surface area contributed by atoms with Gasteiger partial charge in [-0.3, -0.25) is 4.90 Å². The van der Waals surface area contributed by atoms with E-state index in [0.29, 0.717) is 12.4 Å². The number of amides is 1. The highest BCUT2D eigenvalue weighted by molar-refractivity contribution is 6.17. The second kappa shape index (κ2) is 10.7. The largest absolute Gasteiger partial charge is 0.464 e. The number of hydrogen-bond acceptors (Lipinski definition) is 4. The molecule has 0 radical (unpaired) electrons. The fourth-order valence-electron chi connectivity index (χ4n) is 2.20. The lowest BCUT2D eigenvalue weighted by atomic mass is 10.0. The standard InChI is InChI=1S/C17H32ClNO4/c1-7-22-15(20)14(13(2)3)19(12-10-8-9-11-18)16(21)23-17(4,5)6/h13-14H,7-12H2,1-6H3/t14-/m0/s1. The highest BCUT2D eigenvalue weighted by Crippen LogP contribution is 2.19. The van der Waals surface area contributed by atoms with Crippen LogP contribution in [0.2, 0.25) is 0 Å². The summed E-state index contributed by atoms with van der Waals surface area (Å²) in [5.74, 6) is 0.151. The van der Waals surface area contributed by atoms with Crippen molar-refractivity contribution in [2.45, 2.75) is 72.4 Å². The molecule has 0 aliphatic heterocycles. The van der Waals surface area contributed by atoms with Gasteiger partial charge >= 0.3 is 12.1 Å². The number of halogens is 1. The van der Waals surface area contributed by atoms with Crippen LogP contribution >= 0.6 is 11.6 Å². The van der Waals surface area contributed by atoms with Gasteiger partial charge in [-0.05, 0) is 46.5 Å². The predicted octanol–water partition coefficient (Wildman–Crippen LogP) is 4.22. The number of nitrogens with zero attached hydrogens (tertiary/aromatic N) is 1. The summed E-state index contributed by atoms with van der Waals surface area (Å²) in [5, 5.41) is 0. The Morgan fingerprint density at radius 1 is 1.13 bits per heavy atom.